The summed E-state index contributed by atoms with van der Waals surface area (Å²) < 4.78 is 5.99. The van der Waals surface area contributed by atoms with Crippen molar-refractivity contribution in [1.29, 1.82) is 5.26 Å². The SMILES string of the molecule is CCCC(C#N)C(=O)Nc1cc(Br)ccc1OC. The lowest BCUT2D eigenvalue weighted by Gasteiger charge is -2.12. The van der Waals surface area contributed by atoms with Crippen LogP contribution in [-0.2, 0) is 4.79 Å². The van der Waals surface area contributed by atoms with Gasteiger partial charge >= 0.3 is 0 Å². The molecule has 1 amide bonds. The Bertz CT molecular complexity index is 469. The van der Waals surface area contributed by atoms with Gasteiger partial charge in [0.15, 0.2) is 0 Å². The molecule has 1 N–H and O–H groups in total. The molecule has 4 nitrogen and oxygen atoms in total. The number of nitrogens with one attached hydrogen (secondary N) is 1. The fourth-order valence-electron chi connectivity index (χ4n) is 1.54. The van der Waals surface area contributed by atoms with Crippen molar-refractivity contribution >= 4 is 27.5 Å². The van der Waals surface area contributed by atoms with Crippen LogP contribution in [0, 0.1) is 17.2 Å². The molecule has 0 aliphatic heterocycles. The van der Waals surface area contributed by atoms with E-state index in [1.807, 2.05) is 19.1 Å². The first kappa shape index (κ1) is 14.5. The van der Waals surface area contributed by atoms with E-state index in [0.717, 1.165) is 10.9 Å². The molecule has 1 rings (SSSR count). The number of carbonyl (C=O) groups is 1. The molecule has 18 heavy (non-hydrogen) atoms. The first-order chi connectivity index (χ1) is 8.62. The molecule has 0 aliphatic rings. The maximum Gasteiger partial charge on any atom is 0.241 e. The van der Waals surface area contributed by atoms with Gasteiger partial charge in [-0.2, -0.15) is 5.26 Å². The smallest absolute Gasteiger partial charge is 0.241 e. The van der Waals surface area contributed by atoms with Crippen LogP contribution in [0.4, 0.5) is 5.69 Å². The van der Waals surface area contributed by atoms with Crippen molar-refractivity contribution in [3.05, 3.63) is 22.7 Å². The molecule has 96 valence electrons. The quantitative estimate of drug-likeness (QED) is 0.907. The summed E-state index contributed by atoms with van der Waals surface area (Å²) in [6.07, 6.45) is 1.35. The zero-order valence-corrected chi connectivity index (χ0v) is 12.0. The number of nitrogens with zero attached hydrogens (tertiary/aromatic N) is 1. The molecular formula is C13H15BrN2O2. The minimum absolute atomic E-state index is 0.296. The van der Waals surface area contributed by atoms with Crippen LogP contribution in [0.25, 0.3) is 0 Å². The minimum atomic E-state index is -0.626. The fraction of sp³-hybridized carbons (Fsp3) is 0.385. The summed E-state index contributed by atoms with van der Waals surface area (Å²) in [6.45, 7) is 1.94. The second-order valence-corrected chi connectivity index (χ2v) is 4.72. The first-order valence-corrected chi connectivity index (χ1v) is 6.45. The lowest BCUT2D eigenvalue weighted by Crippen LogP contribution is -2.21. The number of methoxy groups -OCH3 is 1. The Labute approximate surface area is 115 Å². The molecule has 0 spiro atoms. The van der Waals surface area contributed by atoms with Crippen LogP contribution in [0.3, 0.4) is 0 Å². The van der Waals surface area contributed by atoms with Gasteiger partial charge in [-0.3, -0.25) is 4.79 Å². The largest absolute Gasteiger partial charge is 0.495 e. The van der Waals surface area contributed by atoms with Gasteiger partial charge in [0.1, 0.15) is 11.7 Å². The molecule has 1 aromatic carbocycles. The zero-order valence-electron chi connectivity index (χ0n) is 10.4. The number of halogens is 1. The van der Waals surface area contributed by atoms with Gasteiger partial charge in [0, 0.05) is 4.47 Å². The van der Waals surface area contributed by atoms with E-state index in [0.29, 0.717) is 17.9 Å². The summed E-state index contributed by atoms with van der Waals surface area (Å²) >= 11 is 3.33. The number of rotatable bonds is 5. The maximum atomic E-state index is 11.9. The highest BCUT2D eigenvalue weighted by molar-refractivity contribution is 9.10. The summed E-state index contributed by atoms with van der Waals surface area (Å²) in [5.41, 5.74) is 0.563. The number of nitriles is 1. The average molecular weight is 311 g/mol. The number of hydrogen-bond acceptors (Lipinski definition) is 3. The normalized spacial score (nSPS) is 11.4. The molecule has 0 saturated carbocycles. The highest BCUT2D eigenvalue weighted by atomic mass is 79.9. The first-order valence-electron chi connectivity index (χ1n) is 5.66. The molecule has 0 aliphatic carbocycles. The van der Waals surface area contributed by atoms with Gasteiger partial charge in [-0.15, -0.1) is 0 Å². The van der Waals surface area contributed by atoms with Crippen molar-refractivity contribution < 1.29 is 9.53 Å². The van der Waals surface area contributed by atoms with Crippen LogP contribution in [0.15, 0.2) is 22.7 Å². The molecule has 1 unspecified atom stereocenters. The van der Waals surface area contributed by atoms with Crippen molar-refractivity contribution in [2.75, 3.05) is 12.4 Å². The highest BCUT2D eigenvalue weighted by Crippen LogP contribution is 2.28. The van der Waals surface area contributed by atoms with Crippen molar-refractivity contribution in [3.63, 3.8) is 0 Å². The van der Waals surface area contributed by atoms with E-state index >= 15 is 0 Å². The van der Waals surface area contributed by atoms with Gasteiger partial charge in [-0.05, 0) is 24.6 Å². The van der Waals surface area contributed by atoms with Gasteiger partial charge < -0.3 is 10.1 Å². The Balaban J connectivity index is 2.87. The molecule has 0 heterocycles. The molecule has 0 bridgehead atoms. The predicted octanol–water partition coefficient (Wildman–Crippen LogP) is 3.34. The summed E-state index contributed by atoms with van der Waals surface area (Å²) in [6, 6.07) is 7.33. The van der Waals surface area contributed by atoms with Crippen LogP contribution in [0.2, 0.25) is 0 Å². The van der Waals surface area contributed by atoms with Gasteiger partial charge in [-0.1, -0.05) is 29.3 Å². The van der Waals surface area contributed by atoms with Gasteiger partial charge in [-0.25, -0.2) is 0 Å². The van der Waals surface area contributed by atoms with E-state index in [9.17, 15) is 4.79 Å². The van der Waals surface area contributed by atoms with Gasteiger partial charge in [0.05, 0.1) is 18.9 Å². The monoisotopic (exact) mass is 310 g/mol. The van der Waals surface area contributed by atoms with Crippen LogP contribution >= 0.6 is 15.9 Å². The second-order valence-electron chi connectivity index (χ2n) is 3.80. The van der Waals surface area contributed by atoms with Crippen LogP contribution in [-0.4, -0.2) is 13.0 Å². The third-order valence-electron chi connectivity index (χ3n) is 2.47. The van der Waals surface area contributed by atoms with Crippen molar-refractivity contribution in [2.24, 2.45) is 5.92 Å². The lowest BCUT2D eigenvalue weighted by atomic mass is 10.0. The van der Waals surface area contributed by atoms with Crippen LogP contribution in [0.1, 0.15) is 19.8 Å². The Hall–Kier alpha value is -1.54. The van der Waals surface area contributed by atoms with Crippen molar-refractivity contribution in [3.8, 4) is 11.8 Å². The summed E-state index contributed by atoms with van der Waals surface area (Å²) in [5.74, 6) is -0.353. The molecule has 0 aromatic heterocycles. The number of ether oxygens (including phenoxy) is 1. The average Bonchev–Trinajstić information content (AvgIpc) is 2.36. The molecule has 5 heteroatoms. The lowest BCUT2D eigenvalue weighted by molar-refractivity contribution is -0.118. The Kier molecular flexibility index (Phi) is 5.66. The summed E-state index contributed by atoms with van der Waals surface area (Å²) in [4.78, 5) is 11.9. The summed E-state index contributed by atoms with van der Waals surface area (Å²) in [5, 5.41) is 11.7. The number of amides is 1. The van der Waals surface area contributed by atoms with Crippen LogP contribution in [0.5, 0.6) is 5.75 Å². The van der Waals surface area contributed by atoms with E-state index in [1.165, 1.54) is 7.11 Å². The molecule has 0 radical (unpaired) electrons. The van der Waals surface area contributed by atoms with Gasteiger partial charge in [0.2, 0.25) is 5.91 Å². The molecular weight excluding hydrogens is 296 g/mol. The summed E-state index contributed by atoms with van der Waals surface area (Å²) in [7, 11) is 1.53. The number of carbonyl (C=O) groups excluding carboxylic acids is 1. The second kappa shape index (κ2) is 7.02. The van der Waals surface area contributed by atoms with E-state index < -0.39 is 5.92 Å². The standard InChI is InChI=1S/C13H15BrN2O2/c1-3-4-9(8-15)13(17)16-11-7-10(14)5-6-12(11)18-2/h5-7,9H,3-4H2,1-2H3,(H,16,17). The number of anilines is 1. The maximum absolute atomic E-state index is 11.9. The molecule has 0 fully saturated rings. The number of benzene rings is 1. The Morgan fingerprint density at radius 1 is 1.61 bits per heavy atom. The molecule has 0 saturated heterocycles. The van der Waals surface area contributed by atoms with E-state index in [2.05, 4.69) is 21.2 Å². The highest BCUT2D eigenvalue weighted by Gasteiger charge is 2.18. The minimum Gasteiger partial charge on any atom is -0.495 e. The van der Waals surface area contributed by atoms with Crippen molar-refractivity contribution in [2.45, 2.75) is 19.8 Å². The van der Waals surface area contributed by atoms with Crippen LogP contribution < -0.4 is 10.1 Å². The molecule has 1 atom stereocenters. The number of hydrogen-bond donors (Lipinski definition) is 1. The topological polar surface area (TPSA) is 62.1 Å². The predicted molar refractivity (Wildman–Crippen MR) is 73.3 cm³/mol. The van der Waals surface area contributed by atoms with E-state index in [4.69, 9.17) is 10.00 Å². The Morgan fingerprint density at radius 3 is 2.89 bits per heavy atom. The molecule has 1 aromatic rings. The van der Waals surface area contributed by atoms with E-state index in [-0.39, 0.29) is 5.91 Å². The third-order valence-corrected chi connectivity index (χ3v) is 2.96. The fourth-order valence-corrected chi connectivity index (χ4v) is 1.90. The third kappa shape index (κ3) is 3.74. The van der Waals surface area contributed by atoms with E-state index in [1.54, 1.807) is 12.1 Å². The Morgan fingerprint density at radius 2 is 2.33 bits per heavy atom. The zero-order chi connectivity index (χ0) is 13.5. The van der Waals surface area contributed by atoms with Crippen molar-refractivity contribution in [1.82, 2.24) is 0 Å². The van der Waals surface area contributed by atoms with Gasteiger partial charge in [0.25, 0.3) is 0 Å².